The lowest BCUT2D eigenvalue weighted by Crippen LogP contribution is -2.43. The molecule has 0 aliphatic carbocycles. The summed E-state index contributed by atoms with van der Waals surface area (Å²) in [7, 11) is 0. The van der Waals surface area contributed by atoms with Crippen molar-refractivity contribution in [2.24, 2.45) is 0 Å². The SMILES string of the molecule is ClC1(c2ccnnc2)NCCc2ccccc21. The summed E-state index contributed by atoms with van der Waals surface area (Å²) in [5, 5.41) is 11.1. The third kappa shape index (κ3) is 1.72. The summed E-state index contributed by atoms with van der Waals surface area (Å²) in [4.78, 5) is -0.676. The van der Waals surface area contributed by atoms with Crippen LogP contribution in [0.1, 0.15) is 16.7 Å². The lowest BCUT2D eigenvalue weighted by atomic mass is 9.90. The van der Waals surface area contributed by atoms with Gasteiger partial charge in [-0.15, -0.1) is 0 Å². The molecule has 0 saturated heterocycles. The lowest BCUT2D eigenvalue weighted by molar-refractivity contribution is 0.511. The fourth-order valence-corrected chi connectivity index (χ4v) is 2.68. The Morgan fingerprint density at radius 1 is 1.18 bits per heavy atom. The number of benzene rings is 1. The van der Waals surface area contributed by atoms with Crippen molar-refractivity contribution in [3.63, 3.8) is 0 Å². The van der Waals surface area contributed by atoms with Gasteiger partial charge in [0.1, 0.15) is 5.00 Å². The van der Waals surface area contributed by atoms with E-state index in [0.717, 1.165) is 24.1 Å². The molecular weight excluding hydrogens is 234 g/mol. The molecule has 4 heteroatoms. The average Bonchev–Trinajstić information content (AvgIpc) is 2.40. The van der Waals surface area contributed by atoms with Gasteiger partial charge in [0, 0.05) is 18.3 Å². The molecule has 2 heterocycles. The number of aromatic nitrogens is 2. The van der Waals surface area contributed by atoms with E-state index in [2.05, 4.69) is 27.6 Å². The van der Waals surface area contributed by atoms with Gasteiger partial charge in [0.2, 0.25) is 0 Å². The van der Waals surface area contributed by atoms with E-state index in [9.17, 15) is 0 Å². The van der Waals surface area contributed by atoms with Crippen molar-refractivity contribution >= 4 is 11.6 Å². The normalized spacial score (nSPS) is 23.1. The highest BCUT2D eigenvalue weighted by Crippen LogP contribution is 2.37. The van der Waals surface area contributed by atoms with Crippen molar-refractivity contribution in [1.82, 2.24) is 15.5 Å². The smallest absolute Gasteiger partial charge is 0.147 e. The van der Waals surface area contributed by atoms with Crippen LogP contribution in [0.25, 0.3) is 0 Å². The van der Waals surface area contributed by atoms with Gasteiger partial charge < -0.3 is 0 Å². The highest BCUT2D eigenvalue weighted by atomic mass is 35.5. The summed E-state index contributed by atoms with van der Waals surface area (Å²) in [5.74, 6) is 0. The second-order valence-electron chi connectivity index (χ2n) is 4.12. The molecule has 1 aliphatic rings. The zero-order valence-electron chi connectivity index (χ0n) is 9.23. The number of halogens is 1. The summed E-state index contributed by atoms with van der Waals surface area (Å²) in [6, 6.07) is 10.1. The highest BCUT2D eigenvalue weighted by molar-refractivity contribution is 6.25. The minimum Gasteiger partial charge on any atom is -0.291 e. The molecule has 0 fully saturated rings. The van der Waals surface area contributed by atoms with Gasteiger partial charge in [-0.05, 0) is 23.6 Å². The van der Waals surface area contributed by atoms with Crippen LogP contribution in [0.4, 0.5) is 0 Å². The Morgan fingerprint density at radius 3 is 2.88 bits per heavy atom. The van der Waals surface area contributed by atoms with E-state index < -0.39 is 5.00 Å². The van der Waals surface area contributed by atoms with Crippen LogP contribution in [0.3, 0.4) is 0 Å². The molecule has 0 saturated carbocycles. The number of hydrogen-bond acceptors (Lipinski definition) is 3. The van der Waals surface area contributed by atoms with Crippen LogP contribution in [0.2, 0.25) is 0 Å². The van der Waals surface area contributed by atoms with Crippen LogP contribution in [-0.4, -0.2) is 16.7 Å². The molecule has 0 radical (unpaired) electrons. The predicted molar refractivity (Wildman–Crippen MR) is 66.8 cm³/mol. The molecule has 1 aliphatic heterocycles. The maximum Gasteiger partial charge on any atom is 0.147 e. The van der Waals surface area contributed by atoms with E-state index in [4.69, 9.17) is 11.6 Å². The van der Waals surface area contributed by atoms with Gasteiger partial charge in [0.25, 0.3) is 0 Å². The van der Waals surface area contributed by atoms with Gasteiger partial charge in [-0.1, -0.05) is 35.9 Å². The Kier molecular flexibility index (Phi) is 2.57. The summed E-state index contributed by atoms with van der Waals surface area (Å²) in [6.45, 7) is 0.864. The van der Waals surface area contributed by atoms with Crippen molar-refractivity contribution in [3.05, 3.63) is 59.4 Å². The van der Waals surface area contributed by atoms with E-state index in [-0.39, 0.29) is 0 Å². The van der Waals surface area contributed by atoms with Crippen molar-refractivity contribution in [2.45, 2.75) is 11.4 Å². The van der Waals surface area contributed by atoms with E-state index in [1.165, 1.54) is 5.56 Å². The van der Waals surface area contributed by atoms with Crippen molar-refractivity contribution < 1.29 is 0 Å². The topological polar surface area (TPSA) is 37.8 Å². The number of alkyl halides is 1. The minimum atomic E-state index is -0.676. The largest absolute Gasteiger partial charge is 0.291 e. The molecule has 1 N–H and O–H groups in total. The van der Waals surface area contributed by atoms with Gasteiger partial charge in [-0.25, -0.2) is 0 Å². The van der Waals surface area contributed by atoms with Crippen LogP contribution in [0, 0.1) is 0 Å². The van der Waals surface area contributed by atoms with Gasteiger partial charge in [-0.3, -0.25) is 5.32 Å². The Labute approximate surface area is 105 Å². The summed E-state index contributed by atoms with van der Waals surface area (Å²) in [6.07, 6.45) is 4.38. The average molecular weight is 246 g/mol. The van der Waals surface area contributed by atoms with Gasteiger partial charge in [0.05, 0.1) is 6.20 Å². The number of rotatable bonds is 1. The fraction of sp³-hybridized carbons (Fsp3) is 0.231. The van der Waals surface area contributed by atoms with Crippen LogP contribution in [0.15, 0.2) is 42.7 Å². The van der Waals surface area contributed by atoms with E-state index >= 15 is 0 Å². The number of hydrogen-bond donors (Lipinski definition) is 1. The maximum atomic E-state index is 6.75. The number of fused-ring (bicyclic) bond motifs is 1. The second kappa shape index (κ2) is 4.09. The van der Waals surface area contributed by atoms with E-state index in [0.29, 0.717) is 0 Å². The first-order valence-electron chi connectivity index (χ1n) is 5.60. The molecule has 0 bridgehead atoms. The van der Waals surface area contributed by atoms with Gasteiger partial charge in [0.15, 0.2) is 0 Å². The molecule has 17 heavy (non-hydrogen) atoms. The summed E-state index contributed by atoms with van der Waals surface area (Å²) in [5.41, 5.74) is 3.33. The van der Waals surface area contributed by atoms with Crippen molar-refractivity contribution in [2.75, 3.05) is 6.54 Å². The third-order valence-corrected chi connectivity index (χ3v) is 3.69. The molecule has 2 aromatic rings. The maximum absolute atomic E-state index is 6.75. The molecule has 3 rings (SSSR count). The number of nitrogens with one attached hydrogen (secondary N) is 1. The lowest BCUT2D eigenvalue weighted by Gasteiger charge is -2.34. The van der Waals surface area contributed by atoms with Crippen molar-refractivity contribution in [3.8, 4) is 0 Å². The summed E-state index contributed by atoms with van der Waals surface area (Å²) < 4.78 is 0. The first kappa shape index (κ1) is 10.7. The van der Waals surface area contributed by atoms with Gasteiger partial charge in [-0.2, -0.15) is 10.2 Å². The second-order valence-corrected chi connectivity index (χ2v) is 4.69. The standard InChI is InChI=1S/C13H12ClN3/c14-13(11-6-8-16-17-9-11)12-4-2-1-3-10(12)5-7-15-13/h1-4,6,8-9,15H,5,7H2. The zero-order valence-corrected chi connectivity index (χ0v) is 9.98. The zero-order chi connectivity index (χ0) is 11.7. The molecule has 86 valence electrons. The van der Waals surface area contributed by atoms with Crippen LogP contribution < -0.4 is 5.32 Å². The molecule has 0 amide bonds. The minimum absolute atomic E-state index is 0.676. The quantitative estimate of drug-likeness (QED) is 0.617. The summed E-state index contributed by atoms with van der Waals surface area (Å²) >= 11 is 6.75. The van der Waals surface area contributed by atoms with Crippen LogP contribution in [0.5, 0.6) is 0 Å². The van der Waals surface area contributed by atoms with Crippen LogP contribution in [-0.2, 0) is 11.4 Å². The monoisotopic (exact) mass is 245 g/mol. The van der Waals surface area contributed by atoms with E-state index in [1.807, 2.05) is 18.2 Å². The molecular formula is C13H12ClN3. The molecule has 1 aromatic carbocycles. The first-order chi connectivity index (χ1) is 8.31. The predicted octanol–water partition coefficient (Wildman–Crippen LogP) is 2.06. The number of nitrogens with zero attached hydrogens (tertiary/aromatic N) is 2. The third-order valence-electron chi connectivity index (χ3n) is 3.13. The highest BCUT2D eigenvalue weighted by Gasteiger charge is 2.35. The Hall–Kier alpha value is -1.45. The van der Waals surface area contributed by atoms with E-state index in [1.54, 1.807) is 12.4 Å². The van der Waals surface area contributed by atoms with Crippen LogP contribution >= 0.6 is 11.6 Å². The molecule has 3 nitrogen and oxygen atoms in total. The van der Waals surface area contributed by atoms with Crippen molar-refractivity contribution in [1.29, 1.82) is 0 Å². The Bertz CT molecular complexity index is 529. The molecule has 0 spiro atoms. The molecule has 1 atom stereocenters. The van der Waals surface area contributed by atoms with Gasteiger partial charge >= 0.3 is 0 Å². The molecule has 1 unspecified atom stereocenters. The molecule has 1 aromatic heterocycles. The first-order valence-corrected chi connectivity index (χ1v) is 5.98. The Morgan fingerprint density at radius 2 is 2.06 bits per heavy atom. The Balaban J connectivity index is 2.16. The fourth-order valence-electron chi connectivity index (χ4n) is 2.29.